The Morgan fingerprint density at radius 2 is 1.97 bits per heavy atom. The zero-order valence-corrected chi connectivity index (χ0v) is 19.7. The van der Waals surface area contributed by atoms with Crippen molar-refractivity contribution >= 4 is 46.0 Å². The number of benzene rings is 3. The molecule has 8 heteroatoms. The number of anilines is 2. The standard InChI is InChI=1S/C26H24N4O3S/c1-16-27-20-7-5-8-21(24(20)28-16)29-25(31)19-11-10-17(14-23(19)33-2)26(32)30-12-13-34-15-18-6-3-4-9-22(18)30/h3-11,14H,12-13,15H2,1-2H3,(H,27,28)(H,29,31). The maximum absolute atomic E-state index is 13.5. The molecular formula is C26H24N4O3S. The van der Waals surface area contributed by atoms with Crippen molar-refractivity contribution in [3.8, 4) is 5.75 Å². The second-order valence-electron chi connectivity index (χ2n) is 8.03. The first-order valence-corrected chi connectivity index (χ1v) is 12.1. The van der Waals surface area contributed by atoms with E-state index in [2.05, 4.69) is 21.4 Å². The number of amides is 2. The molecule has 1 aliphatic heterocycles. The highest BCUT2D eigenvalue weighted by Crippen LogP contribution is 2.31. The zero-order valence-electron chi connectivity index (χ0n) is 18.9. The van der Waals surface area contributed by atoms with E-state index in [0.29, 0.717) is 34.6 Å². The summed E-state index contributed by atoms with van der Waals surface area (Å²) in [7, 11) is 1.50. The van der Waals surface area contributed by atoms with Gasteiger partial charge in [-0.25, -0.2) is 4.98 Å². The third-order valence-corrected chi connectivity index (χ3v) is 6.80. The number of hydrogen-bond acceptors (Lipinski definition) is 5. The number of H-pyrrole nitrogens is 1. The number of methoxy groups -OCH3 is 1. The van der Waals surface area contributed by atoms with E-state index in [1.54, 1.807) is 24.3 Å². The largest absolute Gasteiger partial charge is 0.496 e. The Balaban J connectivity index is 1.43. The lowest BCUT2D eigenvalue weighted by atomic mass is 10.1. The summed E-state index contributed by atoms with van der Waals surface area (Å²) in [5.41, 5.74) is 5.03. The van der Waals surface area contributed by atoms with E-state index >= 15 is 0 Å². The number of fused-ring (bicyclic) bond motifs is 2. The first kappa shape index (κ1) is 22.0. The number of carbonyl (C=O) groups excluding carboxylic acids is 2. The maximum atomic E-state index is 13.5. The van der Waals surface area contributed by atoms with E-state index in [-0.39, 0.29) is 11.8 Å². The molecule has 2 N–H and O–H groups in total. The summed E-state index contributed by atoms with van der Waals surface area (Å²) in [5.74, 6) is 2.40. The summed E-state index contributed by atoms with van der Waals surface area (Å²) < 4.78 is 5.51. The van der Waals surface area contributed by atoms with Gasteiger partial charge in [0.25, 0.3) is 11.8 Å². The van der Waals surface area contributed by atoms with E-state index in [1.165, 1.54) is 7.11 Å². The van der Waals surface area contributed by atoms with Gasteiger partial charge in [0, 0.05) is 29.3 Å². The van der Waals surface area contributed by atoms with E-state index in [0.717, 1.165) is 34.1 Å². The molecule has 34 heavy (non-hydrogen) atoms. The number of imidazole rings is 1. The van der Waals surface area contributed by atoms with Crippen LogP contribution < -0.4 is 15.0 Å². The minimum Gasteiger partial charge on any atom is -0.496 e. The van der Waals surface area contributed by atoms with Crippen molar-refractivity contribution in [3.63, 3.8) is 0 Å². The molecule has 2 heterocycles. The average molecular weight is 473 g/mol. The molecule has 1 aliphatic rings. The molecule has 1 aromatic heterocycles. The first-order valence-electron chi connectivity index (χ1n) is 11.0. The minimum atomic E-state index is -0.333. The van der Waals surface area contributed by atoms with Crippen molar-refractivity contribution in [1.29, 1.82) is 0 Å². The quantitative estimate of drug-likeness (QED) is 0.435. The number of rotatable bonds is 4. The molecule has 0 saturated heterocycles. The molecule has 172 valence electrons. The maximum Gasteiger partial charge on any atom is 0.259 e. The summed E-state index contributed by atoms with van der Waals surface area (Å²) in [6.07, 6.45) is 0. The second-order valence-corrected chi connectivity index (χ2v) is 9.14. The van der Waals surface area contributed by atoms with Crippen molar-refractivity contribution in [3.05, 3.63) is 83.2 Å². The van der Waals surface area contributed by atoms with Crippen molar-refractivity contribution in [1.82, 2.24) is 9.97 Å². The number of thioether (sulfide) groups is 1. The van der Waals surface area contributed by atoms with E-state index in [9.17, 15) is 9.59 Å². The number of aromatic amines is 1. The van der Waals surface area contributed by atoms with Gasteiger partial charge in [-0.15, -0.1) is 0 Å². The zero-order chi connectivity index (χ0) is 23.7. The fourth-order valence-electron chi connectivity index (χ4n) is 4.18. The molecule has 0 atom stereocenters. The lowest BCUT2D eigenvalue weighted by Crippen LogP contribution is -2.33. The predicted molar refractivity (Wildman–Crippen MR) is 136 cm³/mol. The fourth-order valence-corrected chi connectivity index (χ4v) is 5.10. The Bertz CT molecular complexity index is 1400. The van der Waals surface area contributed by atoms with E-state index in [4.69, 9.17) is 4.74 Å². The van der Waals surface area contributed by atoms with Gasteiger partial charge in [-0.3, -0.25) is 9.59 Å². The number of nitrogens with zero attached hydrogens (tertiary/aromatic N) is 2. The minimum absolute atomic E-state index is 0.114. The molecule has 0 saturated carbocycles. The molecular weight excluding hydrogens is 448 g/mol. The van der Waals surface area contributed by atoms with E-state index < -0.39 is 0 Å². The van der Waals surface area contributed by atoms with Crippen molar-refractivity contribution in [2.24, 2.45) is 0 Å². The molecule has 0 radical (unpaired) electrons. The van der Waals surface area contributed by atoms with Crippen LogP contribution >= 0.6 is 11.8 Å². The molecule has 0 spiro atoms. The number of carbonyl (C=O) groups is 2. The average Bonchev–Trinajstić information content (AvgIpc) is 3.11. The summed E-state index contributed by atoms with van der Waals surface area (Å²) in [6, 6.07) is 18.5. The number of nitrogens with one attached hydrogen (secondary N) is 2. The highest BCUT2D eigenvalue weighted by Gasteiger charge is 2.24. The van der Waals surface area contributed by atoms with Gasteiger partial charge in [-0.05, 0) is 48.9 Å². The Hall–Kier alpha value is -3.78. The normalized spacial score (nSPS) is 13.3. The van der Waals surface area contributed by atoms with Gasteiger partial charge >= 0.3 is 0 Å². The summed E-state index contributed by atoms with van der Waals surface area (Å²) in [5, 5.41) is 2.92. The van der Waals surface area contributed by atoms with Gasteiger partial charge in [0.15, 0.2) is 0 Å². The van der Waals surface area contributed by atoms with Crippen molar-refractivity contribution in [2.75, 3.05) is 29.6 Å². The van der Waals surface area contributed by atoms with Gasteiger partial charge in [-0.1, -0.05) is 24.3 Å². The summed E-state index contributed by atoms with van der Waals surface area (Å²) in [6.45, 7) is 2.49. The van der Waals surface area contributed by atoms with Crippen molar-refractivity contribution < 1.29 is 14.3 Å². The van der Waals surface area contributed by atoms with Crippen LogP contribution in [0.3, 0.4) is 0 Å². The number of para-hydroxylation sites is 2. The first-order chi connectivity index (χ1) is 16.5. The Labute approximate surface area is 201 Å². The lowest BCUT2D eigenvalue weighted by Gasteiger charge is -2.23. The Kier molecular flexibility index (Phi) is 5.98. The topological polar surface area (TPSA) is 87.3 Å². The molecule has 4 aromatic rings. The molecule has 0 bridgehead atoms. The van der Waals surface area contributed by atoms with Crippen LogP contribution in [0.2, 0.25) is 0 Å². The van der Waals surface area contributed by atoms with Gasteiger partial charge in [-0.2, -0.15) is 11.8 Å². The third-order valence-electron chi connectivity index (χ3n) is 5.82. The summed E-state index contributed by atoms with van der Waals surface area (Å²) in [4.78, 5) is 36.0. The monoisotopic (exact) mass is 472 g/mol. The Morgan fingerprint density at radius 1 is 1.12 bits per heavy atom. The molecule has 7 nitrogen and oxygen atoms in total. The van der Waals surface area contributed by atoms with Crippen LogP contribution in [0.25, 0.3) is 11.0 Å². The van der Waals surface area contributed by atoms with Gasteiger partial charge < -0.3 is 19.9 Å². The van der Waals surface area contributed by atoms with Crippen LogP contribution in [0.15, 0.2) is 60.7 Å². The van der Waals surface area contributed by atoms with Crippen molar-refractivity contribution in [2.45, 2.75) is 12.7 Å². The molecule has 0 unspecified atom stereocenters. The highest BCUT2D eigenvalue weighted by atomic mass is 32.2. The Morgan fingerprint density at radius 3 is 2.82 bits per heavy atom. The van der Waals surface area contributed by atoms with Gasteiger partial charge in [0.2, 0.25) is 0 Å². The molecule has 0 aliphatic carbocycles. The van der Waals surface area contributed by atoms with Crippen LogP contribution in [0.1, 0.15) is 32.1 Å². The fraction of sp³-hybridized carbons (Fsp3) is 0.192. The molecule has 0 fully saturated rings. The highest BCUT2D eigenvalue weighted by molar-refractivity contribution is 7.98. The molecule has 5 rings (SSSR count). The third kappa shape index (κ3) is 4.12. The smallest absolute Gasteiger partial charge is 0.259 e. The predicted octanol–water partition coefficient (Wildman–Crippen LogP) is 5.03. The van der Waals surface area contributed by atoms with Crippen LogP contribution in [0.4, 0.5) is 11.4 Å². The number of aromatic nitrogens is 2. The van der Waals surface area contributed by atoms with Crippen LogP contribution in [-0.2, 0) is 5.75 Å². The van der Waals surface area contributed by atoms with Crippen LogP contribution in [0.5, 0.6) is 5.75 Å². The number of hydrogen-bond donors (Lipinski definition) is 2. The van der Waals surface area contributed by atoms with Crippen LogP contribution in [-0.4, -0.2) is 41.2 Å². The molecule has 2 amide bonds. The van der Waals surface area contributed by atoms with Gasteiger partial charge in [0.05, 0.1) is 23.9 Å². The number of aryl methyl sites for hydroxylation is 1. The number of ether oxygens (including phenoxy) is 1. The second kappa shape index (κ2) is 9.23. The molecule has 3 aromatic carbocycles. The van der Waals surface area contributed by atoms with Gasteiger partial charge in [0.1, 0.15) is 17.1 Å². The van der Waals surface area contributed by atoms with Crippen LogP contribution in [0, 0.1) is 6.92 Å². The summed E-state index contributed by atoms with van der Waals surface area (Å²) >= 11 is 1.81. The SMILES string of the molecule is COc1cc(C(=O)N2CCSCc3ccccc32)ccc1C(=O)Nc1cccc2[nH]c(C)nc12. The van der Waals surface area contributed by atoms with E-state index in [1.807, 2.05) is 53.9 Å². The lowest BCUT2D eigenvalue weighted by molar-refractivity contribution is 0.0984.